The van der Waals surface area contributed by atoms with E-state index >= 15 is 0 Å². The number of aliphatic hydroxyl groups is 1. The molecule has 2 heterocycles. The van der Waals surface area contributed by atoms with Gasteiger partial charge in [-0.3, -0.25) is 4.68 Å². The Balaban J connectivity index is 2.18. The third-order valence-corrected chi connectivity index (χ3v) is 3.76. The van der Waals surface area contributed by atoms with Crippen LogP contribution in [-0.4, -0.2) is 39.4 Å². The maximum absolute atomic E-state index is 10.7. The van der Waals surface area contributed by atoms with Gasteiger partial charge in [0.2, 0.25) is 0 Å². The maximum Gasteiger partial charge on any atom is 0.0953 e. The first-order valence-corrected chi connectivity index (χ1v) is 6.01. The molecule has 1 aliphatic heterocycles. The van der Waals surface area contributed by atoms with E-state index in [4.69, 9.17) is 0 Å². The highest BCUT2D eigenvalue weighted by Crippen LogP contribution is 2.34. The monoisotopic (exact) mass is 223 g/mol. The predicted octanol–water partition coefficient (Wildman–Crippen LogP) is 1.20. The predicted molar refractivity (Wildman–Crippen MR) is 63.1 cm³/mol. The van der Waals surface area contributed by atoms with Gasteiger partial charge >= 0.3 is 0 Å². The average molecular weight is 223 g/mol. The Bertz CT molecular complexity index is 363. The third kappa shape index (κ3) is 1.99. The van der Waals surface area contributed by atoms with E-state index in [-0.39, 0.29) is 0 Å². The van der Waals surface area contributed by atoms with Gasteiger partial charge in [0, 0.05) is 30.9 Å². The second kappa shape index (κ2) is 4.18. The molecule has 4 heteroatoms. The van der Waals surface area contributed by atoms with E-state index < -0.39 is 5.60 Å². The first-order valence-electron chi connectivity index (χ1n) is 6.01. The molecule has 0 spiro atoms. The molecular weight excluding hydrogens is 202 g/mol. The fraction of sp³-hybridized carbons (Fsp3) is 0.750. The number of likely N-dealkylation sites (tertiary alicyclic amines) is 1. The molecular formula is C12H21N3O. The SMILES string of the molecule is CCn1cc(C2(O)CCN(C)C(C)C2)cn1. The average Bonchev–Trinajstić information content (AvgIpc) is 2.73. The van der Waals surface area contributed by atoms with Gasteiger partial charge in [-0.15, -0.1) is 0 Å². The molecule has 2 unspecified atom stereocenters. The van der Waals surface area contributed by atoms with E-state index in [0.717, 1.165) is 31.5 Å². The highest BCUT2D eigenvalue weighted by Gasteiger charge is 2.37. The Morgan fingerprint density at radius 1 is 1.62 bits per heavy atom. The molecule has 2 rings (SSSR count). The van der Waals surface area contributed by atoms with Crippen LogP contribution in [0.5, 0.6) is 0 Å². The van der Waals surface area contributed by atoms with Crippen LogP contribution in [0, 0.1) is 0 Å². The number of rotatable bonds is 2. The zero-order chi connectivity index (χ0) is 11.8. The lowest BCUT2D eigenvalue weighted by molar-refractivity contribution is -0.0409. The van der Waals surface area contributed by atoms with Crippen molar-refractivity contribution < 1.29 is 5.11 Å². The molecule has 1 N–H and O–H groups in total. The molecule has 0 aromatic carbocycles. The summed E-state index contributed by atoms with van der Waals surface area (Å²) in [6.07, 6.45) is 5.36. The molecule has 1 aliphatic rings. The highest BCUT2D eigenvalue weighted by molar-refractivity contribution is 5.17. The molecule has 1 fully saturated rings. The van der Waals surface area contributed by atoms with Gasteiger partial charge in [0.25, 0.3) is 0 Å². The minimum absolute atomic E-state index is 0.420. The molecule has 1 aromatic rings. The van der Waals surface area contributed by atoms with E-state index in [9.17, 15) is 5.11 Å². The van der Waals surface area contributed by atoms with Crippen molar-refractivity contribution in [2.45, 2.75) is 44.9 Å². The molecule has 0 aliphatic carbocycles. The van der Waals surface area contributed by atoms with Gasteiger partial charge in [0.05, 0.1) is 11.8 Å². The fourth-order valence-corrected chi connectivity index (χ4v) is 2.37. The number of nitrogens with zero attached hydrogens (tertiary/aromatic N) is 3. The summed E-state index contributed by atoms with van der Waals surface area (Å²) in [5, 5.41) is 14.9. The summed E-state index contributed by atoms with van der Waals surface area (Å²) >= 11 is 0. The van der Waals surface area contributed by atoms with Crippen molar-refractivity contribution >= 4 is 0 Å². The van der Waals surface area contributed by atoms with Gasteiger partial charge in [-0.1, -0.05) is 0 Å². The van der Waals surface area contributed by atoms with Crippen LogP contribution in [0.25, 0.3) is 0 Å². The first-order chi connectivity index (χ1) is 7.55. The van der Waals surface area contributed by atoms with Crippen LogP contribution >= 0.6 is 0 Å². The summed E-state index contributed by atoms with van der Waals surface area (Å²) in [5.41, 5.74) is 0.286. The highest BCUT2D eigenvalue weighted by atomic mass is 16.3. The Labute approximate surface area is 96.9 Å². The topological polar surface area (TPSA) is 41.3 Å². The van der Waals surface area contributed by atoms with Crippen LogP contribution in [0.2, 0.25) is 0 Å². The summed E-state index contributed by atoms with van der Waals surface area (Å²) in [4.78, 5) is 2.29. The van der Waals surface area contributed by atoms with Gasteiger partial charge in [-0.25, -0.2) is 0 Å². The van der Waals surface area contributed by atoms with Crippen molar-refractivity contribution in [2.24, 2.45) is 0 Å². The standard InChI is InChI=1S/C12H21N3O/c1-4-15-9-11(8-13-15)12(16)5-6-14(3)10(2)7-12/h8-10,16H,4-7H2,1-3H3. The van der Waals surface area contributed by atoms with Crippen molar-refractivity contribution in [1.82, 2.24) is 14.7 Å². The van der Waals surface area contributed by atoms with Crippen LogP contribution in [0.3, 0.4) is 0 Å². The van der Waals surface area contributed by atoms with E-state index in [0.29, 0.717) is 6.04 Å². The van der Waals surface area contributed by atoms with E-state index in [1.165, 1.54) is 0 Å². The Hall–Kier alpha value is -0.870. The number of hydrogen-bond donors (Lipinski definition) is 1. The Kier molecular flexibility index (Phi) is 3.04. The minimum Gasteiger partial charge on any atom is -0.385 e. The van der Waals surface area contributed by atoms with Crippen LogP contribution in [0.1, 0.15) is 32.3 Å². The zero-order valence-corrected chi connectivity index (χ0v) is 10.3. The zero-order valence-electron chi connectivity index (χ0n) is 10.3. The summed E-state index contributed by atoms with van der Waals surface area (Å²) in [6, 6.07) is 0.420. The van der Waals surface area contributed by atoms with Crippen molar-refractivity contribution in [3.05, 3.63) is 18.0 Å². The normalized spacial score (nSPS) is 31.9. The van der Waals surface area contributed by atoms with Crippen molar-refractivity contribution in [3.8, 4) is 0 Å². The van der Waals surface area contributed by atoms with Gasteiger partial charge in [-0.2, -0.15) is 5.10 Å². The molecule has 0 amide bonds. The van der Waals surface area contributed by atoms with E-state index in [2.05, 4.69) is 30.9 Å². The molecule has 16 heavy (non-hydrogen) atoms. The maximum atomic E-state index is 10.7. The van der Waals surface area contributed by atoms with Crippen molar-refractivity contribution in [3.63, 3.8) is 0 Å². The van der Waals surface area contributed by atoms with Crippen molar-refractivity contribution in [2.75, 3.05) is 13.6 Å². The van der Waals surface area contributed by atoms with Gasteiger partial charge in [0.15, 0.2) is 0 Å². The lowest BCUT2D eigenvalue weighted by Crippen LogP contribution is -2.45. The van der Waals surface area contributed by atoms with Crippen molar-refractivity contribution in [1.29, 1.82) is 0 Å². The van der Waals surface area contributed by atoms with Crippen LogP contribution < -0.4 is 0 Å². The third-order valence-electron chi connectivity index (χ3n) is 3.76. The smallest absolute Gasteiger partial charge is 0.0953 e. The first kappa shape index (κ1) is 11.6. The summed E-state index contributed by atoms with van der Waals surface area (Å²) in [6.45, 7) is 6.01. The van der Waals surface area contributed by atoms with Gasteiger partial charge in [-0.05, 0) is 33.7 Å². The lowest BCUT2D eigenvalue weighted by atomic mass is 9.83. The summed E-state index contributed by atoms with van der Waals surface area (Å²) in [7, 11) is 2.11. The molecule has 1 saturated heterocycles. The van der Waals surface area contributed by atoms with E-state index in [1.54, 1.807) is 0 Å². The molecule has 0 radical (unpaired) electrons. The number of aromatic nitrogens is 2. The van der Waals surface area contributed by atoms with E-state index in [1.807, 2.05) is 17.1 Å². The van der Waals surface area contributed by atoms with Gasteiger partial charge in [0.1, 0.15) is 0 Å². The lowest BCUT2D eigenvalue weighted by Gasteiger charge is -2.40. The fourth-order valence-electron chi connectivity index (χ4n) is 2.37. The van der Waals surface area contributed by atoms with Gasteiger partial charge < -0.3 is 10.0 Å². The number of aryl methyl sites for hydroxylation is 1. The molecule has 1 aromatic heterocycles. The number of hydrogen-bond acceptors (Lipinski definition) is 3. The van der Waals surface area contributed by atoms with Crippen LogP contribution in [0.15, 0.2) is 12.4 Å². The Morgan fingerprint density at radius 3 is 2.94 bits per heavy atom. The minimum atomic E-state index is -0.681. The summed E-state index contributed by atoms with van der Waals surface area (Å²) < 4.78 is 1.87. The molecule has 0 saturated carbocycles. The molecule has 90 valence electrons. The van der Waals surface area contributed by atoms with Crippen LogP contribution in [-0.2, 0) is 12.1 Å². The Morgan fingerprint density at radius 2 is 2.38 bits per heavy atom. The number of piperidine rings is 1. The second-order valence-electron chi connectivity index (χ2n) is 4.90. The summed E-state index contributed by atoms with van der Waals surface area (Å²) in [5.74, 6) is 0. The van der Waals surface area contributed by atoms with Crippen LogP contribution in [0.4, 0.5) is 0 Å². The second-order valence-corrected chi connectivity index (χ2v) is 4.90. The molecule has 4 nitrogen and oxygen atoms in total. The largest absolute Gasteiger partial charge is 0.385 e. The molecule has 2 atom stereocenters. The quantitative estimate of drug-likeness (QED) is 0.819. The molecule has 0 bridgehead atoms.